The number of esters is 1. The van der Waals surface area contributed by atoms with Crippen molar-refractivity contribution in [1.29, 1.82) is 0 Å². The molecule has 0 bridgehead atoms. The van der Waals surface area contributed by atoms with Crippen molar-refractivity contribution in [2.45, 2.75) is 32.9 Å². The molecular weight excluding hydrogens is 419 g/mol. The Morgan fingerprint density at radius 1 is 1.23 bits per heavy atom. The van der Waals surface area contributed by atoms with E-state index in [-0.39, 0.29) is 29.9 Å². The number of anilines is 1. The molecule has 3 rings (SSSR count). The van der Waals surface area contributed by atoms with Crippen LogP contribution in [-0.2, 0) is 22.1 Å². The summed E-state index contributed by atoms with van der Waals surface area (Å²) in [5, 5.41) is 16.1. The number of carbonyl (C=O) groups is 2. The lowest BCUT2D eigenvalue weighted by Crippen LogP contribution is -2.15. The number of hydrogen-bond donors (Lipinski definition) is 2. The summed E-state index contributed by atoms with van der Waals surface area (Å²) in [5.41, 5.74) is 1.28. The monoisotopic (exact) mass is 437 g/mol. The van der Waals surface area contributed by atoms with E-state index in [1.165, 1.54) is 18.2 Å². The number of rotatable bonds is 5. The van der Waals surface area contributed by atoms with Gasteiger partial charge in [0.15, 0.2) is 5.75 Å². The average molecular weight is 437 g/mol. The molecule has 2 aromatic heterocycles. The number of nitrogens with zero attached hydrogens (tertiary/aromatic N) is 4. The number of phenolic OH excluding ortho intramolecular Hbond substituents is 1. The van der Waals surface area contributed by atoms with Gasteiger partial charge in [-0.05, 0) is 38.0 Å². The minimum absolute atomic E-state index is 0.0287. The zero-order valence-corrected chi connectivity index (χ0v) is 16.7. The third-order valence-corrected chi connectivity index (χ3v) is 4.62. The summed E-state index contributed by atoms with van der Waals surface area (Å²) >= 11 is 0. The smallest absolute Gasteiger partial charge is 0.453 e. The number of methoxy groups -OCH3 is 1. The molecule has 0 aliphatic rings. The zero-order chi connectivity index (χ0) is 22.9. The van der Waals surface area contributed by atoms with Crippen LogP contribution in [0.25, 0.3) is 5.78 Å². The summed E-state index contributed by atoms with van der Waals surface area (Å²) in [7, 11) is 1.16. The predicted octanol–water partition coefficient (Wildman–Crippen LogP) is 2.82. The molecule has 2 heterocycles. The number of phenols is 1. The number of aromatic hydroxyl groups is 1. The molecule has 3 aromatic rings. The second-order valence-electron chi connectivity index (χ2n) is 6.65. The van der Waals surface area contributed by atoms with E-state index in [1.807, 2.05) is 0 Å². The van der Waals surface area contributed by atoms with Gasteiger partial charge < -0.3 is 15.2 Å². The predicted molar refractivity (Wildman–Crippen MR) is 102 cm³/mol. The van der Waals surface area contributed by atoms with Gasteiger partial charge in [-0.2, -0.15) is 18.2 Å². The number of hydrogen-bond acceptors (Lipinski definition) is 7. The Bertz CT molecular complexity index is 1170. The van der Waals surface area contributed by atoms with E-state index >= 15 is 0 Å². The lowest BCUT2D eigenvalue weighted by molar-refractivity contribution is -0.144. The number of aryl methyl sites for hydroxylation is 2. The van der Waals surface area contributed by atoms with Gasteiger partial charge in [0.05, 0.1) is 12.8 Å². The molecule has 1 amide bonds. The average Bonchev–Trinajstić information content (AvgIpc) is 3.13. The van der Waals surface area contributed by atoms with Crippen LogP contribution >= 0.6 is 0 Å². The van der Waals surface area contributed by atoms with Crippen molar-refractivity contribution >= 4 is 23.3 Å². The number of amides is 1. The highest BCUT2D eigenvalue weighted by Gasteiger charge is 2.37. The number of fused-ring (bicyclic) bond motifs is 1. The molecule has 0 aliphatic carbocycles. The van der Waals surface area contributed by atoms with E-state index in [1.54, 1.807) is 13.8 Å². The second kappa shape index (κ2) is 8.20. The highest BCUT2D eigenvalue weighted by molar-refractivity contribution is 5.98. The van der Waals surface area contributed by atoms with Crippen molar-refractivity contribution in [2.75, 3.05) is 12.4 Å². The molecule has 2 N–H and O–H groups in total. The molecule has 9 nitrogen and oxygen atoms in total. The Balaban J connectivity index is 1.78. The SMILES string of the molecule is COC(=O)c1cccc(NC(=O)CCc2c(C)nc3nc(C(F)(F)F)nn3c2C)c1O. The highest BCUT2D eigenvalue weighted by atomic mass is 19.4. The van der Waals surface area contributed by atoms with Crippen LogP contribution in [0, 0.1) is 13.8 Å². The van der Waals surface area contributed by atoms with Crippen LogP contribution in [0.15, 0.2) is 18.2 Å². The van der Waals surface area contributed by atoms with Crippen molar-refractivity contribution in [1.82, 2.24) is 19.6 Å². The quantitative estimate of drug-likeness (QED) is 0.465. The van der Waals surface area contributed by atoms with Gasteiger partial charge in [0.1, 0.15) is 5.56 Å². The molecule has 164 valence electrons. The Hall–Kier alpha value is -3.70. The van der Waals surface area contributed by atoms with E-state index in [0.29, 0.717) is 17.0 Å². The Morgan fingerprint density at radius 2 is 1.94 bits per heavy atom. The van der Waals surface area contributed by atoms with Crippen LogP contribution in [0.2, 0.25) is 0 Å². The fourth-order valence-electron chi connectivity index (χ4n) is 3.06. The molecule has 0 spiro atoms. The van der Waals surface area contributed by atoms with Crippen molar-refractivity contribution in [3.05, 3.63) is 46.5 Å². The fourth-order valence-corrected chi connectivity index (χ4v) is 3.06. The van der Waals surface area contributed by atoms with Crippen LogP contribution in [0.4, 0.5) is 18.9 Å². The maximum atomic E-state index is 12.9. The number of benzene rings is 1. The first-order valence-electron chi connectivity index (χ1n) is 9.03. The Kier molecular flexibility index (Phi) is 5.82. The van der Waals surface area contributed by atoms with Crippen molar-refractivity contribution in [2.24, 2.45) is 0 Å². The third-order valence-electron chi connectivity index (χ3n) is 4.62. The largest absolute Gasteiger partial charge is 0.505 e. The van der Waals surface area contributed by atoms with Crippen molar-refractivity contribution in [3.8, 4) is 5.75 Å². The molecule has 0 radical (unpaired) electrons. The number of carbonyl (C=O) groups excluding carboxylic acids is 2. The van der Waals surface area contributed by atoms with Crippen LogP contribution in [0.5, 0.6) is 5.75 Å². The standard InChI is InChI=1S/C19H18F3N5O4/c1-9-11(10(2)27-18(23-9)25-17(26-27)19(20,21)22)7-8-14(28)24-13-6-4-5-12(15(13)29)16(30)31-3/h4-6,29H,7-8H2,1-3H3,(H,24,28). The Morgan fingerprint density at radius 3 is 2.58 bits per heavy atom. The number of halogens is 3. The first kappa shape index (κ1) is 22.0. The number of para-hydroxylation sites is 1. The number of alkyl halides is 3. The summed E-state index contributed by atoms with van der Waals surface area (Å²) in [6, 6.07) is 4.23. The lowest BCUT2D eigenvalue weighted by Gasteiger charge is -2.12. The molecule has 0 saturated heterocycles. The van der Waals surface area contributed by atoms with Crippen LogP contribution in [0.3, 0.4) is 0 Å². The molecular formula is C19H18F3N5O4. The van der Waals surface area contributed by atoms with Gasteiger partial charge in [-0.25, -0.2) is 14.3 Å². The van der Waals surface area contributed by atoms with Gasteiger partial charge in [0.25, 0.3) is 11.6 Å². The molecule has 12 heteroatoms. The maximum Gasteiger partial charge on any atom is 0.453 e. The van der Waals surface area contributed by atoms with E-state index in [0.717, 1.165) is 11.6 Å². The summed E-state index contributed by atoms with van der Waals surface area (Å²) in [6.45, 7) is 3.17. The molecule has 0 atom stereocenters. The van der Waals surface area contributed by atoms with Gasteiger partial charge in [-0.3, -0.25) is 4.79 Å². The van der Waals surface area contributed by atoms with Crippen molar-refractivity contribution in [3.63, 3.8) is 0 Å². The molecule has 1 aromatic carbocycles. The first-order valence-corrected chi connectivity index (χ1v) is 9.03. The van der Waals surface area contributed by atoms with Gasteiger partial charge in [0.2, 0.25) is 5.91 Å². The second-order valence-corrected chi connectivity index (χ2v) is 6.65. The summed E-state index contributed by atoms with van der Waals surface area (Å²) in [6.07, 6.45) is -4.60. The fraction of sp³-hybridized carbons (Fsp3) is 0.316. The van der Waals surface area contributed by atoms with Gasteiger partial charge >= 0.3 is 12.1 Å². The van der Waals surface area contributed by atoms with Crippen LogP contribution in [-0.4, -0.2) is 43.7 Å². The van der Waals surface area contributed by atoms with Crippen LogP contribution < -0.4 is 5.32 Å². The molecule has 0 unspecified atom stereocenters. The molecule has 0 saturated carbocycles. The van der Waals surface area contributed by atoms with E-state index in [9.17, 15) is 27.9 Å². The lowest BCUT2D eigenvalue weighted by atomic mass is 10.1. The van der Waals surface area contributed by atoms with Crippen LogP contribution in [0.1, 0.15) is 39.6 Å². The maximum absolute atomic E-state index is 12.9. The topological polar surface area (TPSA) is 119 Å². The van der Waals surface area contributed by atoms with Gasteiger partial charge in [-0.15, -0.1) is 5.10 Å². The van der Waals surface area contributed by atoms with E-state index in [4.69, 9.17) is 0 Å². The Labute approximate surface area is 173 Å². The normalized spacial score (nSPS) is 11.5. The zero-order valence-electron chi connectivity index (χ0n) is 16.7. The summed E-state index contributed by atoms with van der Waals surface area (Å²) < 4.78 is 44.2. The summed E-state index contributed by atoms with van der Waals surface area (Å²) in [5.74, 6) is -3.14. The van der Waals surface area contributed by atoms with Crippen molar-refractivity contribution < 1.29 is 32.6 Å². The minimum Gasteiger partial charge on any atom is -0.505 e. The number of aromatic nitrogens is 4. The third kappa shape index (κ3) is 4.42. The summed E-state index contributed by atoms with van der Waals surface area (Å²) in [4.78, 5) is 31.5. The van der Waals surface area contributed by atoms with E-state index < -0.39 is 29.6 Å². The molecule has 0 aliphatic heterocycles. The number of ether oxygens (including phenoxy) is 1. The molecule has 0 fully saturated rings. The first-order chi connectivity index (χ1) is 14.5. The number of nitrogens with one attached hydrogen (secondary N) is 1. The van der Waals surface area contributed by atoms with Gasteiger partial charge in [-0.1, -0.05) is 6.07 Å². The molecule has 31 heavy (non-hydrogen) atoms. The van der Waals surface area contributed by atoms with Gasteiger partial charge in [0, 0.05) is 17.8 Å². The minimum atomic E-state index is -4.70. The highest BCUT2D eigenvalue weighted by Crippen LogP contribution is 2.29. The van der Waals surface area contributed by atoms with E-state index in [2.05, 4.69) is 25.1 Å².